The fourth-order valence-corrected chi connectivity index (χ4v) is 4.94. The highest BCUT2D eigenvalue weighted by molar-refractivity contribution is 5.84. The van der Waals surface area contributed by atoms with Crippen LogP contribution in [0.3, 0.4) is 0 Å². The quantitative estimate of drug-likeness (QED) is 0.307. The van der Waals surface area contributed by atoms with E-state index in [2.05, 4.69) is 41.2 Å². The molecule has 202 valence electrons. The van der Waals surface area contributed by atoms with Gasteiger partial charge in [0.05, 0.1) is 17.7 Å². The van der Waals surface area contributed by atoms with E-state index in [0.717, 1.165) is 73.4 Å². The molecule has 10 heteroatoms. The van der Waals surface area contributed by atoms with Gasteiger partial charge in [0.2, 0.25) is 5.95 Å². The third-order valence-corrected chi connectivity index (χ3v) is 7.20. The molecule has 1 saturated heterocycles. The molecule has 0 amide bonds. The van der Waals surface area contributed by atoms with Crippen LogP contribution in [0, 0.1) is 0 Å². The van der Waals surface area contributed by atoms with Crippen molar-refractivity contribution in [3.63, 3.8) is 0 Å². The number of aromatic nitrogens is 6. The largest absolute Gasteiger partial charge is 0.384 e. The maximum Gasteiger partial charge on any atom is 0.229 e. The Bertz CT molecular complexity index is 1390. The summed E-state index contributed by atoms with van der Waals surface area (Å²) in [6.45, 7) is 10.8. The Hall–Kier alpha value is -3.50. The van der Waals surface area contributed by atoms with Crippen molar-refractivity contribution in [3.8, 4) is 5.69 Å². The molecule has 0 unspecified atom stereocenters. The van der Waals surface area contributed by atoms with Crippen LogP contribution in [-0.4, -0.2) is 53.5 Å². The third kappa shape index (κ3) is 5.23. The number of imidazole rings is 1. The number of nitrogens with one attached hydrogen (secondary N) is 1. The van der Waals surface area contributed by atoms with Crippen LogP contribution in [0.2, 0.25) is 0 Å². The molecule has 3 aromatic heterocycles. The summed E-state index contributed by atoms with van der Waals surface area (Å²) in [5.41, 5.74) is 10.5. The third-order valence-electron chi connectivity index (χ3n) is 7.20. The topological polar surface area (TPSA) is 123 Å². The van der Waals surface area contributed by atoms with Crippen molar-refractivity contribution in [2.45, 2.75) is 78.1 Å². The van der Waals surface area contributed by atoms with Gasteiger partial charge < -0.3 is 25.6 Å². The van der Waals surface area contributed by atoms with Gasteiger partial charge in [-0.3, -0.25) is 0 Å². The molecule has 4 N–H and O–H groups in total. The van der Waals surface area contributed by atoms with E-state index < -0.39 is 5.60 Å². The van der Waals surface area contributed by atoms with Crippen LogP contribution < -0.4 is 16.0 Å². The number of rotatable bonds is 9. The maximum atomic E-state index is 10.6. The van der Waals surface area contributed by atoms with Crippen LogP contribution in [-0.2, 0) is 25.1 Å². The van der Waals surface area contributed by atoms with Gasteiger partial charge in [0.15, 0.2) is 17.0 Å². The van der Waals surface area contributed by atoms with Gasteiger partial charge in [-0.2, -0.15) is 15.1 Å². The van der Waals surface area contributed by atoms with Crippen LogP contribution >= 0.6 is 0 Å². The summed E-state index contributed by atoms with van der Waals surface area (Å²) in [7, 11) is 0. The second-order valence-electron chi connectivity index (χ2n) is 10.6. The molecule has 0 radical (unpaired) electrons. The van der Waals surface area contributed by atoms with Crippen LogP contribution in [0.25, 0.3) is 16.9 Å². The van der Waals surface area contributed by atoms with Gasteiger partial charge in [0.1, 0.15) is 5.60 Å². The first kappa shape index (κ1) is 26.1. The van der Waals surface area contributed by atoms with Gasteiger partial charge in [-0.25, -0.2) is 9.67 Å². The molecule has 5 rings (SSSR count). The Morgan fingerprint density at radius 1 is 1.13 bits per heavy atom. The first-order chi connectivity index (χ1) is 18.3. The number of aliphatic hydroxyl groups is 1. The Balaban J connectivity index is 1.49. The van der Waals surface area contributed by atoms with Gasteiger partial charge in [-0.05, 0) is 57.7 Å². The smallest absolute Gasteiger partial charge is 0.229 e. The maximum absolute atomic E-state index is 10.6. The minimum absolute atomic E-state index is 0.238. The van der Waals surface area contributed by atoms with Crippen LogP contribution in [0.1, 0.15) is 63.9 Å². The average molecular weight is 518 g/mol. The van der Waals surface area contributed by atoms with Crippen LogP contribution in [0.4, 0.5) is 11.8 Å². The van der Waals surface area contributed by atoms with Gasteiger partial charge in [0, 0.05) is 37.9 Å². The van der Waals surface area contributed by atoms with Gasteiger partial charge in [-0.1, -0.05) is 31.5 Å². The number of aryl methyl sites for hydroxylation is 2. The first-order valence-electron chi connectivity index (χ1n) is 13.7. The summed E-state index contributed by atoms with van der Waals surface area (Å²) in [6.07, 6.45) is 5.55. The molecular formula is C28H39N9O. The van der Waals surface area contributed by atoms with Gasteiger partial charge in [-0.15, -0.1) is 0 Å². The minimum atomic E-state index is -1.01. The standard InChI is InChI=1S/C28H39N9O/c1-5-9-21-16-23(28(3,4)38)34-37(21)22-11-8-7-10-19(22)17-30-25-24-26(35(6-2)18-31-24)33-27(32-25)36-14-12-20(29)13-15-36/h7-8,10-11,16,18,20,38H,5-6,9,12-15,17,29H2,1-4H3,(H,30,32,33). The van der Waals surface area contributed by atoms with E-state index >= 15 is 0 Å². The molecule has 10 nitrogen and oxygen atoms in total. The van der Waals surface area contributed by atoms with Gasteiger partial charge >= 0.3 is 0 Å². The molecule has 1 aliphatic heterocycles. The zero-order valence-corrected chi connectivity index (χ0v) is 22.9. The van der Waals surface area contributed by atoms with Crippen molar-refractivity contribution < 1.29 is 5.11 Å². The lowest BCUT2D eigenvalue weighted by atomic mass is 10.1. The SMILES string of the molecule is CCCc1cc(C(C)(C)O)nn1-c1ccccc1CNc1nc(N2CCC(N)CC2)nc2c1ncn2CC. The summed E-state index contributed by atoms with van der Waals surface area (Å²) in [4.78, 5) is 16.7. The highest BCUT2D eigenvalue weighted by Crippen LogP contribution is 2.27. The normalized spacial score (nSPS) is 14.9. The second kappa shape index (κ2) is 10.7. The van der Waals surface area contributed by atoms with E-state index in [1.807, 2.05) is 33.8 Å². The van der Waals surface area contributed by atoms with Crippen molar-refractivity contribution >= 4 is 22.9 Å². The van der Waals surface area contributed by atoms with Crippen molar-refractivity contribution in [3.05, 3.63) is 53.6 Å². The minimum Gasteiger partial charge on any atom is -0.384 e. The van der Waals surface area contributed by atoms with Crippen molar-refractivity contribution in [2.75, 3.05) is 23.3 Å². The zero-order valence-electron chi connectivity index (χ0n) is 22.9. The Morgan fingerprint density at radius 2 is 1.89 bits per heavy atom. The van der Waals surface area contributed by atoms with E-state index in [0.29, 0.717) is 24.0 Å². The molecule has 1 fully saturated rings. The van der Waals surface area contributed by atoms with Crippen molar-refractivity contribution in [1.29, 1.82) is 0 Å². The van der Waals surface area contributed by atoms with Crippen LogP contribution in [0.15, 0.2) is 36.7 Å². The number of piperidine rings is 1. The Morgan fingerprint density at radius 3 is 2.61 bits per heavy atom. The molecule has 0 bridgehead atoms. The molecule has 1 aromatic carbocycles. The Labute approximate surface area is 223 Å². The fourth-order valence-electron chi connectivity index (χ4n) is 4.94. The zero-order chi connectivity index (χ0) is 26.9. The average Bonchev–Trinajstić information content (AvgIpc) is 3.52. The van der Waals surface area contributed by atoms with E-state index in [1.54, 1.807) is 13.8 Å². The fraction of sp³-hybridized carbons (Fsp3) is 0.500. The summed E-state index contributed by atoms with van der Waals surface area (Å²) < 4.78 is 4.02. The van der Waals surface area contributed by atoms with Crippen molar-refractivity contribution in [1.82, 2.24) is 29.3 Å². The molecule has 0 aliphatic carbocycles. The summed E-state index contributed by atoms with van der Waals surface area (Å²) in [5, 5.41) is 19.0. The summed E-state index contributed by atoms with van der Waals surface area (Å²) >= 11 is 0. The molecule has 0 atom stereocenters. The number of anilines is 2. The lowest BCUT2D eigenvalue weighted by Crippen LogP contribution is -2.40. The predicted octanol–water partition coefficient (Wildman–Crippen LogP) is 3.75. The van der Waals surface area contributed by atoms with Crippen LogP contribution in [0.5, 0.6) is 0 Å². The number of hydrogen-bond acceptors (Lipinski definition) is 8. The predicted molar refractivity (Wildman–Crippen MR) is 151 cm³/mol. The molecule has 4 aromatic rings. The van der Waals surface area contributed by atoms with E-state index in [4.69, 9.17) is 20.8 Å². The molecule has 0 saturated carbocycles. The molecular weight excluding hydrogens is 478 g/mol. The van der Waals surface area contributed by atoms with E-state index in [9.17, 15) is 5.11 Å². The number of nitrogens with zero attached hydrogens (tertiary/aromatic N) is 7. The highest BCUT2D eigenvalue weighted by atomic mass is 16.3. The molecule has 1 aliphatic rings. The number of fused-ring (bicyclic) bond motifs is 1. The highest BCUT2D eigenvalue weighted by Gasteiger charge is 2.24. The molecule has 38 heavy (non-hydrogen) atoms. The monoisotopic (exact) mass is 517 g/mol. The number of hydrogen-bond donors (Lipinski definition) is 3. The molecule has 4 heterocycles. The number of nitrogens with two attached hydrogens (primary N) is 1. The summed E-state index contributed by atoms with van der Waals surface area (Å²) in [6, 6.07) is 10.5. The Kier molecular flexibility index (Phi) is 7.36. The lowest BCUT2D eigenvalue weighted by molar-refractivity contribution is 0.0734. The van der Waals surface area contributed by atoms with Gasteiger partial charge in [0.25, 0.3) is 0 Å². The van der Waals surface area contributed by atoms with E-state index in [-0.39, 0.29) is 6.04 Å². The second-order valence-corrected chi connectivity index (χ2v) is 10.6. The van der Waals surface area contributed by atoms with E-state index in [1.165, 1.54) is 0 Å². The van der Waals surface area contributed by atoms with Crippen molar-refractivity contribution in [2.24, 2.45) is 5.73 Å². The summed E-state index contributed by atoms with van der Waals surface area (Å²) in [5.74, 6) is 1.43. The lowest BCUT2D eigenvalue weighted by Gasteiger charge is -2.30. The molecule has 0 spiro atoms. The number of para-hydroxylation sites is 1. The first-order valence-corrected chi connectivity index (χ1v) is 13.7. The number of benzene rings is 1.